The maximum absolute atomic E-state index is 13.3. The molecule has 27 heavy (non-hydrogen) atoms. The van der Waals surface area contributed by atoms with E-state index in [0.717, 1.165) is 12.8 Å². The average Bonchev–Trinajstić information content (AvgIpc) is 2.97. The van der Waals surface area contributed by atoms with Crippen molar-refractivity contribution in [3.05, 3.63) is 0 Å². The lowest BCUT2D eigenvalue weighted by atomic mass is 9.44. The van der Waals surface area contributed by atoms with Gasteiger partial charge in [-0.3, -0.25) is 9.59 Å². The predicted molar refractivity (Wildman–Crippen MR) is 106 cm³/mol. The first-order valence-electron chi connectivity index (χ1n) is 11.5. The fraction of sp³-hybridized carbons (Fsp3) is 0.917. The Morgan fingerprint density at radius 2 is 1.81 bits per heavy atom. The van der Waals surface area contributed by atoms with Crippen molar-refractivity contribution < 1.29 is 14.7 Å². The maximum Gasteiger partial charge on any atom is 0.303 e. The van der Waals surface area contributed by atoms with E-state index < -0.39 is 5.97 Å². The van der Waals surface area contributed by atoms with E-state index in [1.54, 1.807) is 0 Å². The highest BCUT2D eigenvalue weighted by molar-refractivity contribution is 5.83. The summed E-state index contributed by atoms with van der Waals surface area (Å²) >= 11 is 0. The Bertz CT molecular complexity index is 613. The second-order valence-corrected chi connectivity index (χ2v) is 11.0. The summed E-state index contributed by atoms with van der Waals surface area (Å²) in [7, 11) is 0. The molecule has 4 unspecified atom stereocenters. The Morgan fingerprint density at radius 3 is 2.56 bits per heavy atom. The quantitative estimate of drug-likeness (QED) is 0.685. The summed E-state index contributed by atoms with van der Waals surface area (Å²) in [5.41, 5.74) is 0.637. The summed E-state index contributed by atoms with van der Waals surface area (Å²) in [6.07, 6.45) is 12.0. The molecule has 4 fully saturated rings. The zero-order valence-electron chi connectivity index (χ0n) is 17.5. The van der Waals surface area contributed by atoms with Crippen LogP contribution in [0.3, 0.4) is 0 Å². The van der Waals surface area contributed by atoms with E-state index in [4.69, 9.17) is 5.11 Å². The molecule has 4 aliphatic rings. The van der Waals surface area contributed by atoms with E-state index in [1.165, 1.54) is 51.4 Å². The number of hydrogen-bond acceptors (Lipinski definition) is 2. The number of carboxylic acids is 1. The molecule has 0 aromatic rings. The molecule has 1 N–H and O–H groups in total. The topological polar surface area (TPSA) is 54.4 Å². The molecular weight excluding hydrogens is 336 g/mol. The highest BCUT2D eigenvalue weighted by atomic mass is 16.4. The van der Waals surface area contributed by atoms with Gasteiger partial charge < -0.3 is 5.11 Å². The number of aliphatic carboxylic acids is 1. The second kappa shape index (κ2) is 6.88. The summed E-state index contributed by atoms with van der Waals surface area (Å²) in [5, 5.41) is 9.08. The van der Waals surface area contributed by atoms with Crippen molar-refractivity contribution >= 4 is 11.8 Å². The van der Waals surface area contributed by atoms with Crippen LogP contribution in [0, 0.1) is 46.3 Å². The Morgan fingerprint density at radius 1 is 1.07 bits per heavy atom. The molecule has 0 aliphatic heterocycles. The van der Waals surface area contributed by atoms with Gasteiger partial charge in [0.15, 0.2) is 0 Å². The highest BCUT2D eigenvalue weighted by Crippen LogP contribution is 2.67. The van der Waals surface area contributed by atoms with Crippen LogP contribution < -0.4 is 0 Å². The molecule has 0 radical (unpaired) electrons. The fourth-order valence-electron chi connectivity index (χ4n) is 8.49. The largest absolute Gasteiger partial charge is 0.481 e. The smallest absolute Gasteiger partial charge is 0.303 e. The third-order valence-electron chi connectivity index (χ3n) is 9.96. The van der Waals surface area contributed by atoms with Crippen LogP contribution in [-0.4, -0.2) is 16.9 Å². The van der Waals surface area contributed by atoms with Gasteiger partial charge in [-0.2, -0.15) is 0 Å². The number of carboxylic acid groups (broad SMARTS) is 1. The van der Waals surface area contributed by atoms with E-state index in [0.29, 0.717) is 46.7 Å². The lowest BCUT2D eigenvalue weighted by Crippen LogP contribution is -2.56. The molecule has 0 amide bonds. The molecule has 0 aromatic carbocycles. The molecule has 0 saturated heterocycles. The van der Waals surface area contributed by atoms with Crippen LogP contribution >= 0.6 is 0 Å². The molecule has 4 saturated carbocycles. The number of rotatable bonds is 4. The maximum atomic E-state index is 13.3. The van der Waals surface area contributed by atoms with Gasteiger partial charge in [-0.25, -0.2) is 0 Å². The van der Waals surface area contributed by atoms with Gasteiger partial charge in [-0.1, -0.05) is 33.6 Å². The van der Waals surface area contributed by atoms with Gasteiger partial charge in [0, 0.05) is 18.8 Å². The number of fused-ring (bicyclic) bond motifs is 5. The first-order chi connectivity index (χ1) is 12.8. The van der Waals surface area contributed by atoms with Crippen LogP contribution in [0.2, 0.25) is 0 Å². The van der Waals surface area contributed by atoms with E-state index in [2.05, 4.69) is 20.8 Å². The van der Waals surface area contributed by atoms with Crippen molar-refractivity contribution in [3.8, 4) is 0 Å². The molecule has 0 heterocycles. The third kappa shape index (κ3) is 2.99. The van der Waals surface area contributed by atoms with Crippen LogP contribution in [0.25, 0.3) is 0 Å². The minimum Gasteiger partial charge on any atom is -0.481 e. The van der Waals surface area contributed by atoms with Crippen molar-refractivity contribution in [1.82, 2.24) is 0 Å². The standard InChI is InChI=1S/C24H38O3/c1-15(7-10-21(26)27)17-8-9-18-22-19(11-13-24(17,18)3)23(2)12-5-4-6-16(23)14-20(22)25/h15-19,22H,4-14H2,1-3H3,(H,26,27)/t15?,16?,17?,18-,19-,22?,23-,24+/m0/s1. The van der Waals surface area contributed by atoms with Crippen LogP contribution in [0.4, 0.5) is 0 Å². The Hall–Kier alpha value is -0.860. The van der Waals surface area contributed by atoms with Gasteiger partial charge in [0.25, 0.3) is 0 Å². The normalized spacial score (nSPS) is 47.7. The third-order valence-corrected chi connectivity index (χ3v) is 9.96. The number of carbonyl (C=O) groups excluding carboxylic acids is 1. The molecule has 3 heteroatoms. The lowest BCUT2D eigenvalue weighted by molar-refractivity contribution is -0.156. The first kappa shape index (κ1) is 19.5. The molecular formula is C24H38O3. The molecule has 4 rings (SSSR count). The van der Waals surface area contributed by atoms with Crippen LogP contribution in [0.5, 0.6) is 0 Å². The highest BCUT2D eigenvalue weighted by Gasteiger charge is 2.62. The molecule has 152 valence electrons. The molecule has 3 nitrogen and oxygen atoms in total. The average molecular weight is 375 g/mol. The van der Waals surface area contributed by atoms with Crippen molar-refractivity contribution in [1.29, 1.82) is 0 Å². The van der Waals surface area contributed by atoms with E-state index in [-0.39, 0.29) is 11.8 Å². The monoisotopic (exact) mass is 374 g/mol. The number of Topliss-reactive ketones (excluding diaryl/α,β-unsaturated/α-hetero) is 1. The van der Waals surface area contributed by atoms with Gasteiger partial charge in [-0.15, -0.1) is 0 Å². The van der Waals surface area contributed by atoms with Crippen molar-refractivity contribution in [3.63, 3.8) is 0 Å². The van der Waals surface area contributed by atoms with Crippen LogP contribution in [-0.2, 0) is 9.59 Å². The van der Waals surface area contributed by atoms with E-state index >= 15 is 0 Å². The molecule has 0 spiro atoms. The molecule has 8 atom stereocenters. The SMILES string of the molecule is CC(CCC(=O)O)C1CC[C@H]2C3C(=O)CC4CCCC[C@]4(C)[C@H]3CC[C@]12C. The minimum atomic E-state index is -0.677. The van der Waals surface area contributed by atoms with Crippen molar-refractivity contribution in [2.45, 2.75) is 91.4 Å². The summed E-state index contributed by atoms with van der Waals surface area (Å²) in [6.45, 7) is 7.23. The summed E-state index contributed by atoms with van der Waals surface area (Å²) < 4.78 is 0. The Labute approximate surface area is 164 Å². The van der Waals surface area contributed by atoms with Gasteiger partial charge in [-0.05, 0) is 85.4 Å². The molecule has 0 aromatic heterocycles. The van der Waals surface area contributed by atoms with Gasteiger partial charge in [0.05, 0.1) is 0 Å². The summed E-state index contributed by atoms with van der Waals surface area (Å²) in [4.78, 5) is 24.4. The number of carbonyl (C=O) groups is 2. The number of ketones is 1. The van der Waals surface area contributed by atoms with Crippen LogP contribution in [0.1, 0.15) is 91.4 Å². The lowest BCUT2D eigenvalue weighted by Gasteiger charge is -2.60. The van der Waals surface area contributed by atoms with E-state index in [1.807, 2.05) is 0 Å². The Kier molecular flexibility index (Phi) is 4.96. The fourth-order valence-corrected chi connectivity index (χ4v) is 8.49. The van der Waals surface area contributed by atoms with Crippen molar-refractivity contribution in [2.24, 2.45) is 46.3 Å². The second-order valence-electron chi connectivity index (χ2n) is 11.0. The first-order valence-corrected chi connectivity index (χ1v) is 11.5. The van der Waals surface area contributed by atoms with Gasteiger partial charge >= 0.3 is 5.97 Å². The molecule has 0 bridgehead atoms. The summed E-state index contributed by atoms with van der Waals surface area (Å²) in [5.74, 6) is 3.02. The zero-order valence-corrected chi connectivity index (χ0v) is 17.5. The Balaban J connectivity index is 1.57. The van der Waals surface area contributed by atoms with E-state index in [9.17, 15) is 9.59 Å². The van der Waals surface area contributed by atoms with Gasteiger partial charge in [0.2, 0.25) is 0 Å². The van der Waals surface area contributed by atoms with Gasteiger partial charge in [0.1, 0.15) is 5.78 Å². The molecule has 4 aliphatic carbocycles. The zero-order chi connectivity index (χ0) is 19.4. The summed E-state index contributed by atoms with van der Waals surface area (Å²) in [6, 6.07) is 0. The number of hydrogen-bond donors (Lipinski definition) is 1. The predicted octanol–water partition coefficient (Wildman–Crippen LogP) is 5.72. The van der Waals surface area contributed by atoms with Crippen molar-refractivity contribution in [2.75, 3.05) is 0 Å². The van der Waals surface area contributed by atoms with Crippen LogP contribution in [0.15, 0.2) is 0 Å². The minimum absolute atomic E-state index is 0.243.